The summed E-state index contributed by atoms with van der Waals surface area (Å²) in [5, 5.41) is 0. The van der Waals surface area contributed by atoms with Gasteiger partial charge in [-0.15, -0.1) is 0 Å². The normalized spacial score (nSPS) is 17.9. The molecule has 2 nitrogen and oxygen atoms in total. The molecule has 0 bridgehead atoms. The molecule has 0 N–H and O–H groups in total. The minimum absolute atomic E-state index is 0.217. The van der Waals surface area contributed by atoms with Gasteiger partial charge < -0.3 is 0 Å². The zero-order valence-electron chi connectivity index (χ0n) is 10.5. The van der Waals surface area contributed by atoms with E-state index in [9.17, 15) is 9.18 Å². The third-order valence-corrected chi connectivity index (χ3v) is 4.48. The van der Waals surface area contributed by atoms with Crippen molar-refractivity contribution in [2.75, 3.05) is 13.1 Å². The van der Waals surface area contributed by atoms with Crippen LogP contribution in [-0.2, 0) is 11.3 Å². The van der Waals surface area contributed by atoms with Crippen LogP contribution in [0.1, 0.15) is 25.3 Å². The van der Waals surface area contributed by atoms with Gasteiger partial charge in [0, 0.05) is 12.5 Å². The fraction of sp³-hybridized carbons (Fsp3) is 0.500. The predicted molar refractivity (Wildman–Crippen MR) is 72.8 cm³/mol. The second-order valence-corrected chi connectivity index (χ2v) is 5.67. The van der Waals surface area contributed by atoms with Gasteiger partial charge in [0.05, 0.1) is 4.47 Å². The van der Waals surface area contributed by atoms with Gasteiger partial charge in [0.1, 0.15) is 11.6 Å². The predicted octanol–water partition coefficient (Wildman–Crippen LogP) is 3.39. The molecule has 1 saturated heterocycles. The van der Waals surface area contributed by atoms with E-state index in [4.69, 9.17) is 0 Å². The van der Waals surface area contributed by atoms with E-state index in [1.165, 1.54) is 6.07 Å². The molecule has 0 saturated carbocycles. The third-order valence-electron chi connectivity index (χ3n) is 3.59. The van der Waals surface area contributed by atoms with Gasteiger partial charge in [-0.1, -0.05) is 12.1 Å². The van der Waals surface area contributed by atoms with Crippen LogP contribution in [0.3, 0.4) is 0 Å². The smallest absolute Gasteiger partial charge is 0.137 e. The van der Waals surface area contributed by atoms with Crippen LogP contribution in [0, 0.1) is 11.7 Å². The first-order valence-corrected chi connectivity index (χ1v) is 7.03. The number of likely N-dealkylation sites (tertiary alicyclic amines) is 1. The van der Waals surface area contributed by atoms with Gasteiger partial charge in [0.15, 0.2) is 0 Å². The Morgan fingerprint density at radius 2 is 2.11 bits per heavy atom. The molecule has 98 valence electrons. The molecule has 0 aromatic heterocycles. The van der Waals surface area contributed by atoms with Crippen LogP contribution in [0.25, 0.3) is 0 Å². The number of benzene rings is 1. The molecule has 0 spiro atoms. The van der Waals surface area contributed by atoms with E-state index < -0.39 is 0 Å². The Morgan fingerprint density at radius 1 is 1.44 bits per heavy atom. The minimum atomic E-state index is -0.217. The molecule has 0 aliphatic carbocycles. The van der Waals surface area contributed by atoms with Gasteiger partial charge in [-0.05, 0) is 60.4 Å². The topological polar surface area (TPSA) is 20.3 Å². The van der Waals surface area contributed by atoms with E-state index in [0.717, 1.165) is 38.0 Å². The molecular weight excluding hydrogens is 297 g/mol. The Morgan fingerprint density at radius 3 is 2.72 bits per heavy atom. The van der Waals surface area contributed by atoms with Gasteiger partial charge >= 0.3 is 0 Å². The van der Waals surface area contributed by atoms with E-state index in [1.54, 1.807) is 13.0 Å². The molecule has 1 aliphatic rings. The quantitative estimate of drug-likeness (QED) is 0.852. The van der Waals surface area contributed by atoms with Crippen LogP contribution < -0.4 is 0 Å². The van der Waals surface area contributed by atoms with Crippen LogP contribution in [0.15, 0.2) is 22.7 Å². The monoisotopic (exact) mass is 313 g/mol. The minimum Gasteiger partial charge on any atom is -0.300 e. The van der Waals surface area contributed by atoms with E-state index in [-0.39, 0.29) is 11.7 Å². The highest BCUT2D eigenvalue weighted by molar-refractivity contribution is 9.10. The summed E-state index contributed by atoms with van der Waals surface area (Å²) < 4.78 is 13.9. The van der Waals surface area contributed by atoms with E-state index in [2.05, 4.69) is 20.8 Å². The highest BCUT2D eigenvalue weighted by Gasteiger charge is 2.22. The summed E-state index contributed by atoms with van der Waals surface area (Å²) in [5.41, 5.74) is 0.969. The number of ketones is 1. The fourth-order valence-electron chi connectivity index (χ4n) is 2.41. The molecule has 0 atom stereocenters. The summed E-state index contributed by atoms with van der Waals surface area (Å²) in [6.45, 7) is 4.23. The maximum atomic E-state index is 13.4. The molecule has 1 aromatic carbocycles. The summed E-state index contributed by atoms with van der Waals surface area (Å²) in [6.07, 6.45) is 1.84. The van der Waals surface area contributed by atoms with Crippen molar-refractivity contribution in [1.82, 2.24) is 4.90 Å². The van der Waals surface area contributed by atoms with Crippen molar-refractivity contribution in [2.45, 2.75) is 26.3 Å². The summed E-state index contributed by atoms with van der Waals surface area (Å²) >= 11 is 3.29. The zero-order valence-corrected chi connectivity index (χ0v) is 12.0. The van der Waals surface area contributed by atoms with Crippen molar-refractivity contribution in [3.8, 4) is 0 Å². The average Bonchev–Trinajstić information content (AvgIpc) is 2.36. The van der Waals surface area contributed by atoms with Gasteiger partial charge in [-0.25, -0.2) is 4.39 Å². The van der Waals surface area contributed by atoms with Crippen LogP contribution in [0.2, 0.25) is 0 Å². The Hall–Kier alpha value is -0.740. The second-order valence-electron chi connectivity index (χ2n) is 4.87. The van der Waals surface area contributed by atoms with Crippen molar-refractivity contribution in [1.29, 1.82) is 0 Å². The molecular formula is C14H17BrFNO. The van der Waals surface area contributed by atoms with Gasteiger partial charge in [-0.3, -0.25) is 9.69 Å². The second kappa shape index (κ2) is 5.93. The number of nitrogens with zero attached hydrogens (tertiary/aromatic N) is 1. The van der Waals surface area contributed by atoms with Crippen LogP contribution >= 0.6 is 15.9 Å². The Balaban J connectivity index is 1.96. The van der Waals surface area contributed by atoms with Crippen molar-refractivity contribution < 1.29 is 9.18 Å². The molecule has 2 rings (SSSR count). The standard InChI is InChI=1S/C14H17BrFNO/c1-10(18)11-5-7-17(8-6-11)9-12-3-2-4-13(16)14(12)15/h2-4,11H,5-9H2,1H3. The Labute approximate surface area is 115 Å². The molecule has 1 fully saturated rings. The van der Waals surface area contributed by atoms with E-state index in [0.29, 0.717) is 10.3 Å². The number of carbonyl (C=O) groups is 1. The molecule has 4 heteroatoms. The summed E-state index contributed by atoms with van der Waals surface area (Å²) in [6, 6.07) is 5.12. The molecule has 0 amide bonds. The lowest BCUT2D eigenvalue weighted by atomic mass is 9.93. The van der Waals surface area contributed by atoms with Gasteiger partial charge in [0.25, 0.3) is 0 Å². The number of piperidine rings is 1. The van der Waals surface area contributed by atoms with Crippen LogP contribution in [0.4, 0.5) is 4.39 Å². The summed E-state index contributed by atoms with van der Waals surface area (Å²) in [4.78, 5) is 13.6. The van der Waals surface area contributed by atoms with E-state index in [1.807, 2.05) is 6.07 Å². The number of rotatable bonds is 3. The number of hydrogen-bond donors (Lipinski definition) is 0. The van der Waals surface area contributed by atoms with Gasteiger partial charge in [-0.2, -0.15) is 0 Å². The largest absolute Gasteiger partial charge is 0.300 e. The molecule has 1 heterocycles. The Bertz CT molecular complexity index is 441. The maximum Gasteiger partial charge on any atom is 0.137 e. The number of Topliss-reactive ketones (excluding diaryl/α,β-unsaturated/α-hetero) is 1. The first-order chi connectivity index (χ1) is 8.58. The number of halogens is 2. The highest BCUT2D eigenvalue weighted by atomic mass is 79.9. The first-order valence-electron chi connectivity index (χ1n) is 6.23. The molecule has 18 heavy (non-hydrogen) atoms. The summed E-state index contributed by atoms with van der Waals surface area (Å²) in [7, 11) is 0. The lowest BCUT2D eigenvalue weighted by molar-refractivity contribution is -0.122. The van der Waals surface area contributed by atoms with Crippen molar-refractivity contribution in [3.05, 3.63) is 34.1 Å². The Kier molecular flexibility index (Phi) is 4.51. The van der Waals surface area contributed by atoms with E-state index >= 15 is 0 Å². The number of carbonyl (C=O) groups excluding carboxylic acids is 1. The fourth-order valence-corrected chi connectivity index (χ4v) is 2.80. The molecule has 0 unspecified atom stereocenters. The molecule has 0 radical (unpaired) electrons. The van der Waals surface area contributed by atoms with Crippen molar-refractivity contribution in [2.24, 2.45) is 5.92 Å². The summed E-state index contributed by atoms with van der Waals surface area (Å²) in [5.74, 6) is 0.296. The van der Waals surface area contributed by atoms with Crippen molar-refractivity contribution >= 4 is 21.7 Å². The lowest BCUT2D eigenvalue weighted by Crippen LogP contribution is -2.35. The SMILES string of the molecule is CC(=O)C1CCN(Cc2cccc(F)c2Br)CC1. The van der Waals surface area contributed by atoms with Crippen LogP contribution in [-0.4, -0.2) is 23.8 Å². The van der Waals surface area contributed by atoms with Gasteiger partial charge in [0.2, 0.25) is 0 Å². The van der Waals surface area contributed by atoms with Crippen LogP contribution in [0.5, 0.6) is 0 Å². The maximum absolute atomic E-state index is 13.4. The zero-order chi connectivity index (χ0) is 13.1. The first kappa shape index (κ1) is 13.7. The molecule has 1 aromatic rings. The third kappa shape index (κ3) is 3.18. The lowest BCUT2D eigenvalue weighted by Gasteiger charge is -2.31. The number of hydrogen-bond acceptors (Lipinski definition) is 2. The van der Waals surface area contributed by atoms with Crippen molar-refractivity contribution in [3.63, 3.8) is 0 Å². The average molecular weight is 314 g/mol. The highest BCUT2D eigenvalue weighted by Crippen LogP contribution is 2.24. The molecule has 1 aliphatic heterocycles.